The molecule has 2 N–H and O–H groups in total. The monoisotopic (exact) mass is 438 g/mol. The van der Waals surface area contributed by atoms with Gasteiger partial charge in [0.05, 0.1) is 11.6 Å². The number of hydrogen-bond donors (Lipinski definition) is 2. The minimum atomic E-state index is -0.656. The first-order valence-corrected chi connectivity index (χ1v) is 10.9. The van der Waals surface area contributed by atoms with Crippen molar-refractivity contribution in [2.45, 2.75) is 77.0 Å². The van der Waals surface area contributed by atoms with E-state index in [1.165, 1.54) is 32.1 Å². The minimum absolute atomic E-state index is 0. The summed E-state index contributed by atoms with van der Waals surface area (Å²) < 4.78 is 6.20. The van der Waals surface area contributed by atoms with Crippen LogP contribution in [0.1, 0.15) is 69.5 Å². The average Bonchev–Trinajstić information content (AvgIpc) is 2.65. The van der Waals surface area contributed by atoms with Crippen LogP contribution < -0.4 is 10.1 Å². The Morgan fingerprint density at radius 1 is 1.21 bits per heavy atom. The molecular weight excluding hydrogens is 407 g/mol. The van der Waals surface area contributed by atoms with Gasteiger partial charge in [0.2, 0.25) is 0 Å². The zero-order chi connectivity index (χ0) is 19.9. The van der Waals surface area contributed by atoms with Gasteiger partial charge in [-0.25, -0.2) is 4.98 Å². The number of rotatable bonds is 4. The summed E-state index contributed by atoms with van der Waals surface area (Å²) in [5.41, 5.74) is 2.24. The molecule has 1 aliphatic carbocycles. The molecule has 2 aliphatic rings. The molecule has 1 aliphatic heterocycles. The number of fused-ring (bicyclic) bond motifs is 2. The summed E-state index contributed by atoms with van der Waals surface area (Å²) in [7, 11) is 0. The van der Waals surface area contributed by atoms with Gasteiger partial charge in [-0.15, -0.1) is 12.4 Å². The highest BCUT2D eigenvalue weighted by atomic mass is 35.5. The van der Waals surface area contributed by atoms with E-state index in [1.54, 1.807) is 0 Å². The van der Waals surface area contributed by atoms with E-state index >= 15 is 0 Å². The number of aliphatic hydroxyl groups is 1. The second kappa shape index (κ2) is 8.97. The molecular formula is C23H32Cl2N2O2. The molecule has 2 aromatic rings. The van der Waals surface area contributed by atoms with Gasteiger partial charge in [-0.05, 0) is 63.4 Å². The van der Waals surface area contributed by atoms with Crippen molar-refractivity contribution in [3.8, 4) is 5.75 Å². The van der Waals surface area contributed by atoms with Crippen LogP contribution in [-0.4, -0.2) is 28.3 Å². The van der Waals surface area contributed by atoms with Crippen LogP contribution in [0.2, 0.25) is 5.15 Å². The Morgan fingerprint density at radius 3 is 2.66 bits per heavy atom. The zero-order valence-corrected chi connectivity index (χ0v) is 19.1. The number of pyridine rings is 1. The number of hydrogen-bond acceptors (Lipinski definition) is 4. The van der Waals surface area contributed by atoms with Gasteiger partial charge in [0, 0.05) is 10.9 Å². The van der Waals surface area contributed by atoms with Gasteiger partial charge in [0.1, 0.15) is 22.6 Å². The van der Waals surface area contributed by atoms with E-state index in [0.717, 1.165) is 46.7 Å². The lowest BCUT2D eigenvalue weighted by Crippen LogP contribution is -2.52. The van der Waals surface area contributed by atoms with E-state index in [2.05, 4.69) is 10.3 Å². The summed E-state index contributed by atoms with van der Waals surface area (Å²) in [5.74, 6) is 1.63. The molecule has 4 rings (SSSR count). The predicted octanol–water partition coefficient (Wildman–Crippen LogP) is 5.75. The lowest BCUT2D eigenvalue weighted by atomic mass is 9.84. The van der Waals surface area contributed by atoms with Gasteiger partial charge in [-0.2, -0.15) is 0 Å². The van der Waals surface area contributed by atoms with Crippen molar-refractivity contribution in [2.24, 2.45) is 5.92 Å². The van der Waals surface area contributed by atoms with Crippen LogP contribution in [0.3, 0.4) is 0 Å². The maximum absolute atomic E-state index is 11.0. The number of aromatic nitrogens is 1. The summed E-state index contributed by atoms with van der Waals surface area (Å²) in [4.78, 5) is 4.49. The average molecular weight is 439 g/mol. The van der Waals surface area contributed by atoms with E-state index in [4.69, 9.17) is 16.3 Å². The molecule has 6 heteroatoms. The number of ether oxygens (including phenoxy) is 1. The number of nitrogens with zero attached hydrogens (tertiary/aromatic N) is 1. The number of nitrogens with one attached hydrogen (secondary N) is 1. The van der Waals surface area contributed by atoms with Crippen LogP contribution in [0, 0.1) is 12.8 Å². The smallest absolute Gasteiger partial charge is 0.131 e. The largest absolute Gasteiger partial charge is 0.485 e. The third kappa shape index (κ3) is 4.66. The maximum atomic E-state index is 11.0. The summed E-state index contributed by atoms with van der Waals surface area (Å²) in [6.07, 6.45) is 7.31. The Bertz CT molecular complexity index is 866. The van der Waals surface area contributed by atoms with Crippen molar-refractivity contribution in [3.63, 3.8) is 0 Å². The molecule has 0 amide bonds. The zero-order valence-electron chi connectivity index (χ0n) is 17.5. The molecule has 0 unspecified atom stereocenters. The number of benzene rings is 1. The van der Waals surface area contributed by atoms with E-state index in [9.17, 15) is 5.11 Å². The van der Waals surface area contributed by atoms with Crippen molar-refractivity contribution in [3.05, 3.63) is 34.5 Å². The quantitative estimate of drug-likeness (QED) is 0.596. The molecule has 2 atom stereocenters. The Hall–Kier alpha value is -1.07. The first-order valence-electron chi connectivity index (χ1n) is 10.6. The molecule has 0 spiro atoms. The van der Waals surface area contributed by atoms with Gasteiger partial charge >= 0.3 is 0 Å². The first kappa shape index (κ1) is 22.6. The van der Waals surface area contributed by atoms with Crippen LogP contribution in [0.25, 0.3) is 10.9 Å². The van der Waals surface area contributed by atoms with Crippen molar-refractivity contribution in [1.82, 2.24) is 10.3 Å². The fourth-order valence-corrected chi connectivity index (χ4v) is 5.04. The second-order valence-electron chi connectivity index (χ2n) is 9.04. The Kier molecular flexibility index (Phi) is 6.99. The van der Waals surface area contributed by atoms with Gasteiger partial charge in [-0.1, -0.05) is 43.7 Å². The van der Waals surface area contributed by atoms with Crippen molar-refractivity contribution < 1.29 is 9.84 Å². The Balaban J connectivity index is 0.00000240. The molecule has 0 radical (unpaired) electrons. The molecule has 1 aromatic carbocycles. The number of aryl methyl sites for hydroxylation is 1. The summed E-state index contributed by atoms with van der Waals surface area (Å²) in [5, 5.41) is 16.2. The maximum Gasteiger partial charge on any atom is 0.131 e. The molecule has 1 saturated carbocycles. The standard InChI is InChI=1S/C23H31ClN2O2.ClH/c1-14-11-20(24)26-18-12-17-19(13-16(14)18)28-23(2,3)22(27)21(17)25-10-9-15-7-5-4-6-8-15;/h11-13,15,21-22,25,27H,4-10H2,1-3H3;1H/t21-,22+;/m0./s1. The topological polar surface area (TPSA) is 54.4 Å². The fourth-order valence-electron chi connectivity index (χ4n) is 4.78. The van der Waals surface area contributed by atoms with Crippen LogP contribution in [-0.2, 0) is 0 Å². The van der Waals surface area contributed by atoms with Gasteiger partial charge < -0.3 is 15.2 Å². The molecule has 1 aromatic heterocycles. The van der Waals surface area contributed by atoms with E-state index in [1.807, 2.05) is 39.0 Å². The van der Waals surface area contributed by atoms with Crippen LogP contribution >= 0.6 is 24.0 Å². The van der Waals surface area contributed by atoms with Crippen LogP contribution in [0.4, 0.5) is 0 Å². The fraction of sp³-hybridized carbons (Fsp3) is 0.609. The molecule has 29 heavy (non-hydrogen) atoms. The summed E-state index contributed by atoms with van der Waals surface area (Å²) in [6.45, 7) is 6.84. The minimum Gasteiger partial charge on any atom is -0.485 e. The van der Waals surface area contributed by atoms with Gasteiger partial charge in [-0.3, -0.25) is 0 Å². The van der Waals surface area contributed by atoms with E-state index in [0.29, 0.717) is 5.15 Å². The number of halogens is 2. The number of aliphatic hydroxyl groups excluding tert-OH is 1. The van der Waals surface area contributed by atoms with E-state index < -0.39 is 11.7 Å². The second-order valence-corrected chi connectivity index (χ2v) is 9.43. The van der Waals surface area contributed by atoms with Gasteiger partial charge in [0.15, 0.2) is 0 Å². The van der Waals surface area contributed by atoms with Crippen LogP contribution in [0.15, 0.2) is 18.2 Å². The van der Waals surface area contributed by atoms with Crippen molar-refractivity contribution in [1.29, 1.82) is 0 Å². The molecule has 1 fully saturated rings. The lowest BCUT2D eigenvalue weighted by Gasteiger charge is -2.42. The molecule has 2 heterocycles. The highest BCUT2D eigenvalue weighted by molar-refractivity contribution is 6.29. The highest BCUT2D eigenvalue weighted by Gasteiger charge is 2.43. The van der Waals surface area contributed by atoms with Gasteiger partial charge in [0.25, 0.3) is 0 Å². The SMILES string of the molecule is Cc1cc(Cl)nc2cc3c(cc12)OC(C)(C)[C@H](O)[C@H]3NCCC1CCCCC1.Cl. The third-order valence-electron chi connectivity index (χ3n) is 6.49. The van der Waals surface area contributed by atoms with Crippen LogP contribution in [0.5, 0.6) is 5.75 Å². The first-order chi connectivity index (χ1) is 13.3. The van der Waals surface area contributed by atoms with Crippen molar-refractivity contribution in [2.75, 3.05) is 6.54 Å². The summed E-state index contributed by atoms with van der Waals surface area (Å²) >= 11 is 6.18. The Morgan fingerprint density at radius 2 is 1.93 bits per heavy atom. The summed E-state index contributed by atoms with van der Waals surface area (Å²) in [6, 6.07) is 5.78. The molecule has 160 valence electrons. The normalized spacial score (nSPS) is 23.9. The molecule has 0 bridgehead atoms. The lowest BCUT2D eigenvalue weighted by molar-refractivity contribution is -0.0645. The van der Waals surface area contributed by atoms with Crippen molar-refractivity contribution >= 4 is 34.9 Å². The predicted molar refractivity (Wildman–Crippen MR) is 121 cm³/mol. The Labute approximate surface area is 184 Å². The highest BCUT2D eigenvalue weighted by Crippen LogP contribution is 2.42. The third-order valence-corrected chi connectivity index (χ3v) is 6.69. The van der Waals surface area contributed by atoms with E-state index in [-0.39, 0.29) is 18.4 Å². The molecule has 4 nitrogen and oxygen atoms in total. The molecule has 0 saturated heterocycles.